The van der Waals surface area contributed by atoms with Gasteiger partial charge in [0.15, 0.2) is 5.82 Å². The number of imidazole rings is 1. The maximum absolute atomic E-state index is 15.6. The zero-order valence-corrected chi connectivity index (χ0v) is 22.0. The second-order valence-corrected chi connectivity index (χ2v) is 10.3. The number of hydrogen-bond donors (Lipinski definition) is 3. The molecule has 2 aliphatic rings. The Bertz CT molecular complexity index is 1350. The molecule has 4 atom stereocenters. The number of anilines is 1. The van der Waals surface area contributed by atoms with Crippen LogP contribution in [0.25, 0.3) is 22.3 Å². The summed E-state index contributed by atoms with van der Waals surface area (Å²) in [6.45, 7) is 4.68. The maximum Gasteiger partial charge on any atom is 0.410 e. The Morgan fingerprint density at radius 1 is 1.32 bits per heavy atom. The molecule has 1 amide bonds. The van der Waals surface area contributed by atoms with Crippen LogP contribution in [0.4, 0.5) is 15.1 Å². The standard InChI is InChI=1S/C25H30ClFN6O5/c1-12(2)33-18-7-13(21-15(26)9-28-24(31-21)29-17-4-5-38-11-20(17)35)6-16(27)22(18)30-23(33)19-8-14(34)10-32(19)25(36)37-3/h6-7,9,12,14,17,19-20,34-35H,4-5,8,10-11H2,1-3H3,(H,28,29,31)/t14-,17-,19+,20-/m1/s1. The quantitative estimate of drug-likeness (QED) is 0.439. The van der Waals surface area contributed by atoms with Gasteiger partial charge in [-0.2, -0.15) is 0 Å². The van der Waals surface area contributed by atoms with Crippen LogP contribution < -0.4 is 5.32 Å². The number of aliphatic hydroxyl groups excluding tert-OH is 2. The number of aliphatic hydroxyl groups is 2. The number of hydrogen-bond acceptors (Lipinski definition) is 9. The monoisotopic (exact) mass is 548 g/mol. The number of β-amino-alcohol motifs (C(OH)–C–C–N with tert-alkyl or cyclic N) is 1. The lowest BCUT2D eigenvalue weighted by Gasteiger charge is -2.28. The van der Waals surface area contributed by atoms with Gasteiger partial charge in [-0.25, -0.2) is 24.1 Å². The van der Waals surface area contributed by atoms with Crippen molar-refractivity contribution in [2.24, 2.45) is 0 Å². The fourth-order valence-corrected chi connectivity index (χ4v) is 5.36. The highest BCUT2D eigenvalue weighted by Crippen LogP contribution is 2.38. The number of amides is 1. The average Bonchev–Trinajstić information content (AvgIpc) is 3.47. The van der Waals surface area contributed by atoms with Crippen molar-refractivity contribution in [2.45, 2.75) is 57.0 Å². The predicted molar refractivity (Wildman–Crippen MR) is 137 cm³/mol. The molecule has 1 aromatic carbocycles. The van der Waals surface area contributed by atoms with Crippen LogP contribution in [-0.4, -0.2) is 85.8 Å². The number of rotatable bonds is 5. The molecule has 2 aliphatic heterocycles. The van der Waals surface area contributed by atoms with E-state index in [-0.39, 0.29) is 48.1 Å². The van der Waals surface area contributed by atoms with Gasteiger partial charge in [0, 0.05) is 24.6 Å². The molecular formula is C25H30ClFN6O5. The lowest BCUT2D eigenvalue weighted by Crippen LogP contribution is -2.42. The highest BCUT2D eigenvalue weighted by Gasteiger charge is 2.39. The minimum Gasteiger partial charge on any atom is -0.453 e. The summed E-state index contributed by atoms with van der Waals surface area (Å²) in [5, 5.41) is 23.9. The predicted octanol–water partition coefficient (Wildman–Crippen LogP) is 3.30. The van der Waals surface area contributed by atoms with Gasteiger partial charge in [-0.1, -0.05) is 11.6 Å². The first kappa shape index (κ1) is 26.5. The van der Waals surface area contributed by atoms with Crippen LogP contribution in [0.2, 0.25) is 5.02 Å². The van der Waals surface area contributed by atoms with Crippen LogP contribution in [0.3, 0.4) is 0 Å². The number of carbonyl (C=O) groups is 1. The van der Waals surface area contributed by atoms with Crippen molar-refractivity contribution in [3.8, 4) is 11.3 Å². The second kappa shape index (κ2) is 10.6. The normalized spacial score (nSPS) is 23.8. The molecule has 0 radical (unpaired) electrons. The highest BCUT2D eigenvalue weighted by molar-refractivity contribution is 6.33. The van der Waals surface area contributed by atoms with Crippen LogP contribution >= 0.6 is 11.6 Å². The summed E-state index contributed by atoms with van der Waals surface area (Å²) in [4.78, 5) is 27.2. The molecular weight excluding hydrogens is 519 g/mol. The van der Waals surface area contributed by atoms with Gasteiger partial charge >= 0.3 is 6.09 Å². The molecule has 2 aromatic heterocycles. The molecule has 11 nitrogen and oxygen atoms in total. The SMILES string of the molecule is COC(=O)N1C[C@H](O)C[C@H]1c1nc2c(F)cc(-c3nc(N[C@@H]4CCOC[C@H]4O)ncc3Cl)cc2n1C(C)C. The van der Waals surface area contributed by atoms with Gasteiger partial charge in [-0.3, -0.25) is 4.90 Å². The Morgan fingerprint density at radius 2 is 2.11 bits per heavy atom. The first-order valence-electron chi connectivity index (χ1n) is 12.5. The topological polar surface area (TPSA) is 135 Å². The van der Waals surface area contributed by atoms with Crippen molar-refractivity contribution >= 4 is 34.7 Å². The van der Waals surface area contributed by atoms with Crippen molar-refractivity contribution < 1.29 is 28.9 Å². The number of nitrogens with zero attached hydrogens (tertiary/aromatic N) is 5. The third kappa shape index (κ3) is 4.89. The molecule has 0 spiro atoms. The lowest BCUT2D eigenvalue weighted by molar-refractivity contribution is -0.0136. The minimum atomic E-state index is -0.750. The number of ether oxygens (including phenoxy) is 2. The summed E-state index contributed by atoms with van der Waals surface area (Å²) in [5.74, 6) is 0.130. The van der Waals surface area contributed by atoms with Gasteiger partial charge in [-0.15, -0.1) is 0 Å². The van der Waals surface area contributed by atoms with Crippen molar-refractivity contribution in [1.82, 2.24) is 24.4 Å². The number of carbonyl (C=O) groups excluding carboxylic acids is 1. The fraction of sp³-hybridized carbons (Fsp3) is 0.520. The zero-order chi connectivity index (χ0) is 27.1. The molecule has 0 bridgehead atoms. The number of nitrogens with one attached hydrogen (secondary N) is 1. The van der Waals surface area contributed by atoms with E-state index in [4.69, 9.17) is 21.1 Å². The average molecular weight is 549 g/mol. The molecule has 0 unspecified atom stereocenters. The van der Waals surface area contributed by atoms with Crippen LogP contribution in [-0.2, 0) is 9.47 Å². The van der Waals surface area contributed by atoms with Crippen LogP contribution in [0, 0.1) is 5.82 Å². The summed E-state index contributed by atoms with van der Waals surface area (Å²) in [6, 6.07) is 2.05. The third-order valence-corrected chi connectivity index (χ3v) is 7.21. The number of aromatic nitrogens is 4. The maximum atomic E-state index is 15.6. The first-order valence-corrected chi connectivity index (χ1v) is 12.8. The number of methoxy groups -OCH3 is 1. The molecule has 2 saturated heterocycles. The van der Waals surface area contributed by atoms with Crippen LogP contribution in [0.5, 0.6) is 0 Å². The highest BCUT2D eigenvalue weighted by atomic mass is 35.5. The zero-order valence-electron chi connectivity index (χ0n) is 21.3. The van der Waals surface area contributed by atoms with Gasteiger partial charge in [0.1, 0.15) is 11.3 Å². The Kier molecular flexibility index (Phi) is 7.40. The van der Waals surface area contributed by atoms with Crippen LogP contribution in [0.1, 0.15) is 44.6 Å². The summed E-state index contributed by atoms with van der Waals surface area (Å²) in [6.07, 6.45) is 0.219. The Morgan fingerprint density at radius 3 is 2.82 bits per heavy atom. The van der Waals surface area contributed by atoms with Gasteiger partial charge < -0.3 is 29.6 Å². The molecule has 38 heavy (non-hydrogen) atoms. The van der Waals surface area contributed by atoms with E-state index in [1.54, 1.807) is 6.07 Å². The molecule has 13 heteroatoms. The summed E-state index contributed by atoms with van der Waals surface area (Å²) in [7, 11) is 1.28. The molecule has 0 aliphatic carbocycles. The fourth-order valence-electron chi connectivity index (χ4n) is 5.16. The van der Waals surface area contributed by atoms with Gasteiger partial charge in [0.05, 0.1) is 67.0 Å². The van der Waals surface area contributed by atoms with Crippen molar-refractivity contribution in [2.75, 3.05) is 32.2 Å². The molecule has 3 N–H and O–H groups in total. The molecule has 3 aromatic rings. The molecule has 204 valence electrons. The van der Waals surface area contributed by atoms with Crippen molar-refractivity contribution in [3.63, 3.8) is 0 Å². The van der Waals surface area contributed by atoms with Crippen LogP contribution in [0.15, 0.2) is 18.3 Å². The molecule has 5 rings (SSSR count). The van der Waals surface area contributed by atoms with Gasteiger partial charge in [0.2, 0.25) is 5.95 Å². The Balaban J connectivity index is 1.58. The lowest BCUT2D eigenvalue weighted by atomic mass is 10.1. The van der Waals surface area contributed by atoms with Crippen molar-refractivity contribution in [3.05, 3.63) is 35.0 Å². The minimum absolute atomic E-state index is 0.0977. The van der Waals surface area contributed by atoms with E-state index in [1.807, 2.05) is 18.4 Å². The van der Waals surface area contributed by atoms with E-state index in [0.717, 1.165) is 0 Å². The second-order valence-electron chi connectivity index (χ2n) is 9.86. The largest absolute Gasteiger partial charge is 0.453 e. The van der Waals surface area contributed by atoms with Crippen molar-refractivity contribution in [1.29, 1.82) is 0 Å². The Labute approximate surface area is 223 Å². The third-order valence-electron chi connectivity index (χ3n) is 6.94. The van der Waals surface area contributed by atoms with Gasteiger partial charge in [0.25, 0.3) is 0 Å². The van der Waals surface area contributed by atoms with E-state index >= 15 is 4.39 Å². The Hall–Kier alpha value is -3.06. The number of likely N-dealkylation sites (tertiary alicyclic amines) is 1. The van der Waals surface area contributed by atoms with Gasteiger partial charge in [-0.05, 0) is 32.4 Å². The molecule has 4 heterocycles. The first-order chi connectivity index (χ1) is 18.2. The van der Waals surface area contributed by atoms with E-state index < -0.39 is 30.2 Å². The number of benzene rings is 1. The summed E-state index contributed by atoms with van der Waals surface area (Å²) >= 11 is 6.45. The molecule has 0 saturated carbocycles. The summed E-state index contributed by atoms with van der Waals surface area (Å²) in [5.41, 5.74) is 1.37. The molecule has 2 fully saturated rings. The number of halogens is 2. The van der Waals surface area contributed by atoms with E-state index in [0.29, 0.717) is 35.6 Å². The smallest absolute Gasteiger partial charge is 0.410 e. The summed E-state index contributed by atoms with van der Waals surface area (Å²) < 4.78 is 27.6. The number of fused-ring (bicyclic) bond motifs is 1. The van der Waals surface area contributed by atoms with E-state index in [1.165, 1.54) is 24.3 Å². The van der Waals surface area contributed by atoms with E-state index in [2.05, 4.69) is 20.3 Å². The van der Waals surface area contributed by atoms with E-state index in [9.17, 15) is 15.0 Å².